The SMILES string of the molecule is CC(C)C[C@H](C(=O)OCC(=O)Nc1ccc(C#N)cc1)N1C(=O)c2ccccc2C1=O. The molecule has 8 heteroatoms. The quantitative estimate of drug-likeness (QED) is 0.545. The van der Waals surface area contributed by atoms with Crippen molar-refractivity contribution in [3.05, 3.63) is 65.2 Å². The molecule has 1 atom stereocenters. The highest BCUT2D eigenvalue weighted by Crippen LogP contribution is 2.27. The Labute approximate surface area is 179 Å². The van der Waals surface area contributed by atoms with E-state index >= 15 is 0 Å². The van der Waals surface area contributed by atoms with E-state index in [4.69, 9.17) is 10.00 Å². The van der Waals surface area contributed by atoms with E-state index in [-0.39, 0.29) is 23.5 Å². The van der Waals surface area contributed by atoms with Crippen molar-refractivity contribution in [2.75, 3.05) is 11.9 Å². The molecule has 0 spiro atoms. The van der Waals surface area contributed by atoms with E-state index in [9.17, 15) is 19.2 Å². The largest absolute Gasteiger partial charge is 0.454 e. The molecule has 1 aliphatic rings. The van der Waals surface area contributed by atoms with Crippen LogP contribution in [0.1, 0.15) is 46.5 Å². The van der Waals surface area contributed by atoms with Gasteiger partial charge in [0.25, 0.3) is 17.7 Å². The van der Waals surface area contributed by atoms with Crippen LogP contribution in [-0.2, 0) is 14.3 Å². The highest BCUT2D eigenvalue weighted by atomic mass is 16.5. The lowest BCUT2D eigenvalue weighted by Crippen LogP contribution is -2.46. The second kappa shape index (κ2) is 9.22. The Bertz CT molecular complexity index is 1030. The van der Waals surface area contributed by atoms with Crippen molar-refractivity contribution in [3.63, 3.8) is 0 Å². The predicted molar refractivity (Wildman–Crippen MR) is 111 cm³/mol. The molecule has 0 bridgehead atoms. The molecular formula is C23H21N3O5. The lowest BCUT2D eigenvalue weighted by molar-refractivity contribution is -0.151. The van der Waals surface area contributed by atoms with Crippen LogP contribution in [0.4, 0.5) is 5.69 Å². The molecule has 8 nitrogen and oxygen atoms in total. The molecule has 1 aliphatic heterocycles. The number of benzene rings is 2. The average Bonchev–Trinajstić information content (AvgIpc) is 3.01. The third-order valence-corrected chi connectivity index (χ3v) is 4.75. The molecule has 158 valence electrons. The maximum atomic E-state index is 12.8. The van der Waals surface area contributed by atoms with Gasteiger partial charge in [-0.25, -0.2) is 4.79 Å². The number of carbonyl (C=O) groups is 4. The first-order chi connectivity index (χ1) is 14.8. The highest BCUT2D eigenvalue weighted by Gasteiger charge is 2.43. The van der Waals surface area contributed by atoms with Crippen LogP contribution in [0.2, 0.25) is 0 Å². The summed E-state index contributed by atoms with van der Waals surface area (Å²) >= 11 is 0. The molecule has 1 heterocycles. The third-order valence-electron chi connectivity index (χ3n) is 4.75. The number of hydrogen-bond donors (Lipinski definition) is 1. The molecular weight excluding hydrogens is 398 g/mol. The number of fused-ring (bicyclic) bond motifs is 1. The normalized spacial score (nSPS) is 13.5. The van der Waals surface area contributed by atoms with Crippen molar-refractivity contribution in [2.24, 2.45) is 5.92 Å². The number of rotatable bonds is 7. The lowest BCUT2D eigenvalue weighted by atomic mass is 10.0. The Balaban J connectivity index is 1.68. The van der Waals surface area contributed by atoms with E-state index in [1.165, 1.54) is 0 Å². The van der Waals surface area contributed by atoms with E-state index in [1.54, 1.807) is 48.5 Å². The van der Waals surface area contributed by atoms with Gasteiger partial charge in [0.05, 0.1) is 22.8 Å². The number of imide groups is 1. The minimum Gasteiger partial charge on any atom is -0.454 e. The summed E-state index contributed by atoms with van der Waals surface area (Å²) in [5.41, 5.74) is 1.38. The fourth-order valence-electron chi connectivity index (χ4n) is 3.30. The van der Waals surface area contributed by atoms with Crippen LogP contribution in [0.15, 0.2) is 48.5 Å². The standard InChI is InChI=1S/C23H21N3O5/c1-14(2)11-19(26-21(28)17-5-3-4-6-18(17)22(26)29)23(30)31-13-20(27)25-16-9-7-15(12-24)8-10-16/h3-10,14,19H,11,13H2,1-2H3,(H,25,27)/t19-/m1/s1. The van der Waals surface area contributed by atoms with E-state index in [0.717, 1.165) is 4.90 Å². The zero-order valence-corrected chi connectivity index (χ0v) is 17.1. The summed E-state index contributed by atoms with van der Waals surface area (Å²) in [6.45, 7) is 3.14. The van der Waals surface area contributed by atoms with Crippen molar-refractivity contribution in [3.8, 4) is 6.07 Å². The first kappa shape index (κ1) is 21.7. The molecule has 2 aromatic rings. The zero-order chi connectivity index (χ0) is 22.5. The maximum Gasteiger partial charge on any atom is 0.329 e. The van der Waals surface area contributed by atoms with Gasteiger partial charge in [-0.2, -0.15) is 5.26 Å². The molecule has 3 amide bonds. The number of esters is 1. The fraction of sp³-hybridized carbons (Fsp3) is 0.261. The lowest BCUT2D eigenvalue weighted by Gasteiger charge is -2.25. The summed E-state index contributed by atoms with van der Waals surface area (Å²) in [5.74, 6) is -2.51. The first-order valence-corrected chi connectivity index (χ1v) is 9.75. The molecule has 3 rings (SSSR count). The van der Waals surface area contributed by atoms with Crippen molar-refractivity contribution in [2.45, 2.75) is 26.3 Å². The number of nitrogens with zero attached hydrogens (tertiary/aromatic N) is 2. The average molecular weight is 419 g/mol. The molecule has 0 saturated heterocycles. The number of carbonyl (C=O) groups excluding carboxylic acids is 4. The van der Waals surface area contributed by atoms with Crippen LogP contribution >= 0.6 is 0 Å². The van der Waals surface area contributed by atoms with E-state index in [1.807, 2.05) is 19.9 Å². The van der Waals surface area contributed by atoms with Crippen LogP contribution in [0.5, 0.6) is 0 Å². The minimum atomic E-state index is -1.13. The van der Waals surface area contributed by atoms with Crippen LogP contribution < -0.4 is 5.32 Å². The topological polar surface area (TPSA) is 117 Å². The van der Waals surface area contributed by atoms with Crippen molar-refractivity contribution in [1.29, 1.82) is 5.26 Å². The summed E-state index contributed by atoms with van der Waals surface area (Å²) in [6, 6.07) is 13.4. The van der Waals surface area contributed by atoms with Crippen molar-refractivity contribution >= 4 is 29.4 Å². The molecule has 0 saturated carbocycles. The number of nitrogens with one attached hydrogen (secondary N) is 1. The Kier molecular flexibility index (Phi) is 6.46. The van der Waals surface area contributed by atoms with Crippen molar-refractivity contribution in [1.82, 2.24) is 4.90 Å². The summed E-state index contributed by atoms with van der Waals surface area (Å²) in [6.07, 6.45) is 0.210. The van der Waals surface area contributed by atoms with Gasteiger partial charge in [-0.1, -0.05) is 26.0 Å². The molecule has 0 aromatic heterocycles. The van der Waals surface area contributed by atoms with Gasteiger partial charge in [0.15, 0.2) is 6.61 Å². The Morgan fingerprint density at radius 3 is 2.13 bits per heavy atom. The Morgan fingerprint density at radius 2 is 1.61 bits per heavy atom. The predicted octanol–water partition coefficient (Wildman–Crippen LogP) is 2.75. The van der Waals surface area contributed by atoms with Gasteiger partial charge < -0.3 is 10.1 Å². The molecule has 31 heavy (non-hydrogen) atoms. The monoisotopic (exact) mass is 419 g/mol. The summed E-state index contributed by atoms with van der Waals surface area (Å²) in [7, 11) is 0. The van der Waals surface area contributed by atoms with E-state index in [2.05, 4.69) is 5.32 Å². The van der Waals surface area contributed by atoms with Crippen molar-refractivity contribution < 1.29 is 23.9 Å². The van der Waals surface area contributed by atoms with E-state index in [0.29, 0.717) is 11.3 Å². The van der Waals surface area contributed by atoms with Crippen LogP contribution in [-0.4, -0.2) is 41.2 Å². The van der Waals surface area contributed by atoms with E-state index < -0.39 is 36.3 Å². The van der Waals surface area contributed by atoms with Gasteiger partial charge in [-0.05, 0) is 48.7 Å². The summed E-state index contributed by atoms with van der Waals surface area (Å²) < 4.78 is 5.14. The first-order valence-electron chi connectivity index (χ1n) is 9.75. The van der Waals surface area contributed by atoms with Gasteiger partial charge in [-0.3, -0.25) is 19.3 Å². The summed E-state index contributed by atoms with van der Waals surface area (Å²) in [5, 5.41) is 11.4. The zero-order valence-electron chi connectivity index (χ0n) is 17.1. The Morgan fingerprint density at radius 1 is 1.03 bits per heavy atom. The molecule has 1 N–H and O–H groups in total. The van der Waals surface area contributed by atoms with Crippen LogP contribution in [0, 0.1) is 17.2 Å². The molecule has 0 fully saturated rings. The van der Waals surface area contributed by atoms with Gasteiger partial charge in [0.2, 0.25) is 0 Å². The second-order valence-corrected chi connectivity index (χ2v) is 7.52. The number of nitriles is 1. The van der Waals surface area contributed by atoms with Crippen LogP contribution in [0.3, 0.4) is 0 Å². The minimum absolute atomic E-state index is 0.00524. The van der Waals surface area contributed by atoms with Gasteiger partial charge in [0, 0.05) is 5.69 Å². The van der Waals surface area contributed by atoms with Gasteiger partial charge in [-0.15, -0.1) is 0 Å². The number of anilines is 1. The fourth-order valence-corrected chi connectivity index (χ4v) is 3.30. The second-order valence-electron chi connectivity index (χ2n) is 7.52. The number of hydrogen-bond acceptors (Lipinski definition) is 6. The van der Waals surface area contributed by atoms with Gasteiger partial charge >= 0.3 is 5.97 Å². The molecule has 0 aliphatic carbocycles. The number of amides is 3. The molecule has 0 unspecified atom stereocenters. The number of ether oxygens (including phenoxy) is 1. The van der Waals surface area contributed by atoms with Crippen LogP contribution in [0.25, 0.3) is 0 Å². The molecule has 2 aromatic carbocycles. The maximum absolute atomic E-state index is 12.8. The summed E-state index contributed by atoms with van der Waals surface area (Å²) in [4.78, 5) is 51.4. The molecule has 0 radical (unpaired) electrons. The third kappa shape index (κ3) is 4.78. The Hall–Kier alpha value is -3.99. The highest BCUT2D eigenvalue weighted by molar-refractivity contribution is 6.22. The smallest absolute Gasteiger partial charge is 0.329 e. The van der Waals surface area contributed by atoms with Gasteiger partial charge in [0.1, 0.15) is 6.04 Å².